The molecule has 4 aliphatic heterocycles. The zero-order chi connectivity index (χ0) is 17.7. The summed E-state index contributed by atoms with van der Waals surface area (Å²) in [5.41, 5.74) is 1.27. The highest BCUT2D eigenvalue weighted by Gasteiger charge is 2.54. The van der Waals surface area contributed by atoms with E-state index in [2.05, 4.69) is 38.0 Å². The van der Waals surface area contributed by atoms with Crippen molar-refractivity contribution < 1.29 is 9.53 Å². The molecule has 1 amide bonds. The summed E-state index contributed by atoms with van der Waals surface area (Å²) in [6, 6.07) is 9.02. The van der Waals surface area contributed by atoms with Gasteiger partial charge in [0.2, 0.25) is 0 Å². The van der Waals surface area contributed by atoms with Crippen LogP contribution in [0.4, 0.5) is 0 Å². The Morgan fingerprint density at radius 2 is 2.12 bits per heavy atom. The number of carbonyl (C=O) groups is 1. The molecule has 4 aliphatic rings. The smallest absolute Gasteiger partial charge is 0.289 e. The van der Waals surface area contributed by atoms with E-state index < -0.39 is 0 Å². The van der Waals surface area contributed by atoms with Gasteiger partial charge in [-0.25, -0.2) is 4.98 Å². The number of benzene rings is 1. The van der Waals surface area contributed by atoms with Crippen molar-refractivity contribution >= 4 is 5.91 Å². The molecule has 0 unspecified atom stereocenters. The van der Waals surface area contributed by atoms with Gasteiger partial charge in [-0.15, -0.1) is 0 Å². The van der Waals surface area contributed by atoms with Crippen LogP contribution in [0.2, 0.25) is 0 Å². The van der Waals surface area contributed by atoms with E-state index >= 15 is 0 Å². The molecular formula is C20H24N4O2. The standard InChI is InChI=1S/C20H24N4O2/c1-26-15-4-2-3-14(11-15)16-12-24(20(25)19-21-7-8-22-19)17-13-5-9-23(10-6-13)18(16)17/h2-4,7-8,11,13,16-18H,5-6,9-10,12H2,1H3,(H,21,22)/t16-,17+,18+/m0/s1. The number of piperidine rings is 3. The lowest BCUT2D eigenvalue weighted by atomic mass is 9.75. The number of rotatable bonds is 3. The van der Waals surface area contributed by atoms with Crippen molar-refractivity contribution in [1.29, 1.82) is 0 Å². The Bertz CT molecular complexity index is 798. The number of imidazole rings is 1. The second-order valence-electron chi connectivity index (χ2n) is 7.63. The number of amides is 1. The second-order valence-corrected chi connectivity index (χ2v) is 7.63. The van der Waals surface area contributed by atoms with Crippen LogP contribution in [0.5, 0.6) is 5.75 Å². The summed E-state index contributed by atoms with van der Waals surface area (Å²) in [6.45, 7) is 3.04. The Kier molecular flexibility index (Phi) is 3.74. The van der Waals surface area contributed by atoms with E-state index in [9.17, 15) is 4.79 Å². The van der Waals surface area contributed by atoms with Gasteiger partial charge in [-0.2, -0.15) is 0 Å². The van der Waals surface area contributed by atoms with Gasteiger partial charge in [-0.3, -0.25) is 9.69 Å². The molecule has 4 fully saturated rings. The van der Waals surface area contributed by atoms with Gasteiger partial charge >= 0.3 is 0 Å². The molecule has 1 aromatic heterocycles. The minimum absolute atomic E-state index is 0.0316. The number of carbonyl (C=O) groups excluding carboxylic acids is 1. The quantitative estimate of drug-likeness (QED) is 0.919. The first kappa shape index (κ1) is 15.9. The minimum Gasteiger partial charge on any atom is -0.497 e. The Balaban J connectivity index is 1.53. The first-order chi connectivity index (χ1) is 12.8. The lowest BCUT2D eigenvalue weighted by molar-refractivity contribution is -0.00374. The molecule has 6 heteroatoms. The molecule has 26 heavy (non-hydrogen) atoms. The molecular weight excluding hydrogens is 328 g/mol. The predicted octanol–water partition coefficient (Wildman–Crippen LogP) is 2.12. The van der Waals surface area contributed by atoms with Gasteiger partial charge in [0.25, 0.3) is 5.91 Å². The number of aromatic amines is 1. The number of likely N-dealkylation sites (tertiary alicyclic amines) is 1. The summed E-state index contributed by atoms with van der Waals surface area (Å²) in [5.74, 6) is 2.28. The Hall–Kier alpha value is -2.34. The van der Waals surface area contributed by atoms with Crippen molar-refractivity contribution in [3.8, 4) is 5.75 Å². The van der Waals surface area contributed by atoms with Crippen LogP contribution in [-0.2, 0) is 0 Å². The van der Waals surface area contributed by atoms with E-state index in [1.54, 1.807) is 19.5 Å². The largest absolute Gasteiger partial charge is 0.497 e. The van der Waals surface area contributed by atoms with Gasteiger partial charge in [-0.05, 0) is 49.5 Å². The molecule has 0 spiro atoms. The Morgan fingerprint density at radius 1 is 1.27 bits per heavy atom. The normalized spacial score (nSPS) is 32.5. The number of hydrogen-bond donors (Lipinski definition) is 1. The first-order valence-electron chi connectivity index (χ1n) is 9.44. The molecule has 2 bridgehead atoms. The van der Waals surface area contributed by atoms with Crippen molar-refractivity contribution in [2.45, 2.75) is 30.8 Å². The van der Waals surface area contributed by atoms with Crippen LogP contribution in [0.15, 0.2) is 36.7 Å². The fourth-order valence-electron chi connectivity index (χ4n) is 5.34. The van der Waals surface area contributed by atoms with Gasteiger partial charge in [0.1, 0.15) is 5.75 Å². The van der Waals surface area contributed by atoms with Gasteiger partial charge in [0.15, 0.2) is 5.82 Å². The number of aromatic nitrogens is 2. The van der Waals surface area contributed by atoms with Crippen LogP contribution in [0.25, 0.3) is 0 Å². The summed E-state index contributed by atoms with van der Waals surface area (Å²) >= 11 is 0. The molecule has 4 saturated heterocycles. The van der Waals surface area contributed by atoms with Gasteiger partial charge in [0.05, 0.1) is 13.2 Å². The molecule has 0 radical (unpaired) electrons. The fourth-order valence-corrected chi connectivity index (χ4v) is 5.34. The summed E-state index contributed by atoms with van der Waals surface area (Å²) < 4.78 is 5.44. The second kappa shape index (κ2) is 6.13. The van der Waals surface area contributed by atoms with E-state index in [0.29, 0.717) is 23.7 Å². The van der Waals surface area contributed by atoms with Crippen LogP contribution in [0.1, 0.15) is 34.9 Å². The van der Waals surface area contributed by atoms with Gasteiger partial charge < -0.3 is 14.6 Å². The third-order valence-electron chi connectivity index (χ3n) is 6.48. The lowest BCUT2D eigenvalue weighted by Crippen LogP contribution is -2.60. The van der Waals surface area contributed by atoms with Gasteiger partial charge in [0, 0.05) is 30.9 Å². The monoisotopic (exact) mass is 352 g/mol. The van der Waals surface area contributed by atoms with Crippen molar-refractivity contribution in [1.82, 2.24) is 19.8 Å². The number of H-pyrrole nitrogens is 1. The van der Waals surface area contributed by atoms with Crippen LogP contribution in [-0.4, -0.2) is 64.5 Å². The molecule has 2 aromatic rings. The number of ether oxygens (including phenoxy) is 1. The molecule has 5 heterocycles. The van der Waals surface area contributed by atoms with Crippen LogP contribution < -0.4 is 4.74 Å². The number of hydrogen-bond acceptors (Lipinski definition) is 4. The zero-order valence-corrected chi connectivity index (χ0v) is 15.0. The minimum atomic E-state index is 0.0316. The van der Waals surface area contributed by atoms with E-state index in [4.69, 9.17) is 4.74 Å². The molecule has 3 atom stereocenters. The van der Waals surface area contributed by atoms with Crippen molar-refractivity contribution in [2.24, 2.45) is 5.92 Å². The third-order valence-corrected chi connectivity index (χ3v) is 6.48. The van der Waals surface area contributed by atoms with Crippen LogP contribution in [0, 0.1) is 5.92 Å². The summed E-state index contributed by atoms with van der Waals surface area (Å²) in [7, 11) is 1.70. The number of fused-ring (bicyclic) bond motifs is 2. The first-order valence-corrected chi connectivity index (χ1v) is 9.44. The molecule has 6 rings (SSSR count). The molecule has 1 N–H and O–H groups in total. The average Bonchev–Trinajstić information content (AvgIpc) is 3.37. The SMILES string of the molecule is COc1cccc([C@@H]2CN(C(=O)c3ncc[nH]3)[C@@H]3C4CCN(CC4)[C@@H]32)c1. The van der Waals surface area contributed by atoms with E-state index in [1.165, 1.54) is 18.4 Å². The van der Waals surface area contributed by atoms with Crippen molar-refractivity contribution in [3.05, 3.63) is 48.0 Å². The maximum absolute atomic E-state index is 13.1. The number of methoxy groups -OCH3 is 1. The van der Waals surface area contributed by atoms with E-state index in [1.807, 2.05) is 6.07 Å². The summed E-state index contributed by atoms with van der Waals surface area (Å²) in [5, 5.41) is 0. The maximum atomic E-state index is 13.1. The summed E-state index contributed by atoms with van der Waals surface area (Å²) in [4.78, 5) is 25.0. The Morgan fingerprint density at radius 3 is 2.85 bits per heavy atom. The Labute approximate surface area is 153 Å². The highest BCUT2D eigenvalue weighted by atomic mass is 16.5. The van der Waals surface area contributed by atoms with Crippen molar-refractivity contribution in [2.75, 3.05) is 26.7 Å². The topological polar surface area (TPSA) is 61.5 Å². The summed E-state index contributed by atoms with van der Waals surface area (Å²) in [6.07, 6.45) is 5.75. The van der Waals surface area contributed by atoms with Crippen LogP contribution in [0.3, 0.4) is 0 Å². The van der Waals surface area contributed by atoms with E-state index in [-0.39, 0.29) is 11.9 Å². The number of nitrogens with zero attached hydrogens (tertiary/aromatic N) is 3. The third kappa shape index (κ3) is 2.35. The lowest BCUT2D eigenvalue weighted by Gasteiger charge is -2.51. The fraction of sp³-hybridized carbons (Fsp3) is 0.500. The maximum Gasteiger partial charge on any atom is 0.289 e. The predicted molar refractivity (Wildman–Crippen MR) is 97.2 cm³/mol. The van der Waals surface area contributed by atoms with E-state index in [0.717, 1.165) is 25.4 Å². The molecule has 1 aromatic carbocycles. The van der Waals surface area contributed by atoms with Crippen molar-refractivity contribution in [3.63, 3.8) is 0 Å². The average molecular weight is 352 g/mol. The zero-order valence-electron chi connectivity index (χ0n) is 15.0. The molecule has 136 valence electrons. The highest BCUT2D eigenvalue weighted by Crippen LogP contribution is 2.47. The van der Waals surface area contributed by atoms with Crippen LogP contribution >= 0.6 is 0 Å². The molecule has 0 aliphatic carbocycles. The molecule has 0 saturated carbocycles. The molecule has 6 nitrogen and oxygen atoms in total. The van der Waals surface area contributed by atoms with Gasteiger partial charge in [-0.1, -0.05) is 12.1 Å². The number of nitrogens with one attached hydrogen (secondary N) is 1. The highest BCUT2D eigenvalue weighted by molar-refractivity contribution is 5.91.